The Bertz CT molecular complexity index is 1040. The van der Waals surface area contributed by atoms with Crippen LogP contribution in [-0.2, 0) is 23.9 Å². The Morgan fingerprint density at radius 3 is 2.47 bits per heavy atom. The van der Waals surface area contributed by atoms with Crippen LogP contribution in [0.15, 0.2) is 42.5 Å². The Hall–Kier alpha value is -3.82. The summed E-state index contributed by atoms with van der Waals surface area (Å²) >= 11 is 0. The number of esters is 1. The molecule has 0 radical (unpaired) electrons. The zero-order valence-electron chi connectivity index (χ0n) is 17.2. The predicted octanol–water partition coefficient (Wildman–Crippen LogP) is 1.92. The van der Waals surface area contributed by atoms with Crippen LogP contribution in [0.1, 0.15) is 12.0 Å². The van der Waals surface area contributed by atoms with Gasteiger partial charge in [0.25, 0.3) is 5.91 Å². The molecule has 3 rings (SSSR count). The van der Waals surface area contributed by atoms with Gasteiger partial charge in [-0.05, 0) is 31.2 Å². The molecule has 3 amide bonds. The fraction of sp³-hybridized carbons (Fsp3) is 0.273. The summed E-state index contributed by atoms with van der Waals surface area (Å²) in [5.41, 5.74) is 1.75. The average molecular weight is 445 g/mol. The standard InChI is InChI=1S/C22H21F2N3O5/c1-13-2-5-16(6-3-13)27-11-14(8-21(27)30)22(31)32-12-20(29)25-10-19(28)26-15-4-7-17(23)18(24)9-15/h2-7,9,14H,8,10-12H2,1H3,(H,25,29)(H,26,28). The molecule has 0 spiro atoms. The van der Waals surface area contributed by atoms with E-state index in [1.165, 1.54) is 11.0 Å². The molecule has 1 atom stereocenters. The maximum atomic E-state index is 13.1. The molecule has 2 N–H and O–H groups in total. The fourth-order valence-corrected chi connectivity index (χ4v) is 3.10. The van der Waals surface area contributed by atoms with Crippen LogP contribution >= 0.6 is 0 Å². The quantitative estimate of drug-likeness (QED) is 0.634. The minimum absolute atomic E-state index is 0.0229. The van der Waals surface area contributed by atoms with Crippen LogP contribution in [0, 0.1) is 24.5 Å². The Morgan fingerprint density at radius 2 is 1.78 bits per heavy atom. The molecule has 10 heteroatoms. The monoisotopic (exact) mass is 445 g/mol. The maximum absolute atomic E-state index is 13.1. The molecule has 1 aliphatic heterocycles. The number of benzene rings is 2. The number of nitrogens with one attached hydrogen (secondary N) is 2. The number of aryl methyl sites for hydroxylation is 1. The van der Waals surface area contributed by atoms with Crippen LogP contribution < -0.4 is 15.5 Å². The molecule has 2 aromatic rings. The van der Waals surface area contributed by atoms with Gasteiger partial charge in [-0.2, -0.15) is 0 Å². The summed E-state index contributed by atoms with van der Waals surface area (Å²) in [4.78, 5) is 49.6. The van der Waals surface area contributed by atoms with Crippen molar-refractivity contribution in [2.45, 2.75) is 13.3 Å². The van der Waals surface area contributed by atoms with E-state index in [0.717, 1.165) is 17.7 Å². The summed E-state index contributed by atoms with van der Waals surface area (Å²) in [7, 11) is 0. The van der Waals surface area contributed by atoms with Gasteiger partial charge in [0.2, 0.25) is 11.8 Å². The second-order valence-corrected chi connectivity index (χ2v) is 7.30. The van der Waals surface area contributed by atoms with E-state index in [1.54, 1.807) is 12.1 Å². The second-order valence-electron chi connectivity index (χ2n) is 7.30. The van der Waals surface area contributed by atoms with E-state index in [1.807, 2.05) is 19.1 Å². The molecule has 0 saturated carbocycles. The van der Waals surface area contributed by atoms with Crippen molar-refractivity contribution in [2.24, 2.45) is 5.92 Å². The highest BCUT2D eigenvalue weighted by atomic mass is 19.2. The van der Waals surface area contributed by atoms with Crippen LogP contribution in [0.3, 0.4) is 0 Å². The summed E-state index contributed by atoms with van der Waals surface area (Å²) in [6, 6.07) is 10.1. The number of hydrogen-bond acceptors (Lipinski definition) is 5. The van der Waals surface area contributed by atoms with Gasteiger partial charge in [-0.25, -0.2) is 8.78 Å². The van der Waals surface area contributed by atoms with Gasteiger partial charge in [0.1, 0.15) is 0 Å². The maximum Gasteiger partial charge on any atom is 0.311 e. The summed E-state index contributed by atoms with van der Waals surface area (Å²) in [6.07, 6.45) is -0.0229. The topological polar surface area (TPSA) is 105 Å². The number of ether oxygens (including phenoxy) is 1. The van der Waals surface area contributed by atoms with Crippen molar-refractivity contribution in [1.82, 2.24) is 5.32 Å². The highest BCUT2D eigenvalue weighted by Gasteiger charge is 2.36. The highest BCUT2D eigenvalue weighted by Crippen LogP contribution is 2.26. The summed E-state index contributed by atoms with van der Waals surface area (Å²) in [6.45, 7) is 0.997. The lowest BCUT2D eigenvalue weighted by Gasteiger charge is -2.16. The van der Waals surface area contributed by atoms with Gasteiger partial charge in [0.05, 0.1) is 12.5 Å². The molecule has 1 saturated heterocycles. The molecule has 168 valence electrons. The van der Waals surface area contributed by atoms with E-state index < -0.39 is 48.5 Å². The zero-order valence-corrected chi connectivity index (χ0v) is 17.2. The van der Waals surface area contributed by atoms with E-state index in [-0.39, 0.29) is 24.6 Å². The van der Waals surface area contributed by atoms with Crippen molar-refractivity contribution < 1.29 is 32.7 Å². The van der Waals surface area contributed by atoms with Gasteiger partial charge in [-0.3, -0.25) is 19.2 Å². The van der Waals surface area contributed by atoms with Crippen molar-refractivity contribution in [2.75, 3.05) is 29.9 Å². The van der Waals surface area contributed by atoms with E-state index in [4.69, 9.17) is 4.74 Å². The van der Waals surface area contributed by atoms with Gasteiger partial charge in [0, 0.05) is 30.4 Å². The van der Waals surface area contributed by atoms with E-state index in [0.29, 0.717) is 5.69 Å². The third kappa shape index (κ3) is 5.87. The first-order valence-corrected chi connectivity index (χ1v) is 9.78. The largest absolute Gasteiger partial charge is 0.455 e. The van der Waals surface area contributed by atoms with Crippen molar-refractivity contribution in [3.8, 4) is 0 Å². The number of rotatable bonds is 7. The molecular formula is C22H21F2N3O5. The average Bonchev–Trinajstić information content (AvgIpc) is 3.15. The van der Waals surface area contributed by atoms with E-state index in [2.05, 4.69) is 10.6 Å². The lowest BCUT2D eigenvalue weighted by atomic mass is 10.1. The second kappa shape index (κ2) is 9.99. The number of halogens is 2. The number of nitrogens with zero attached hydrogens (tertiary/aromatic N) is 1. The molecule has 2 aromatic carbocycles. The molecule has 0 bridgehead atoms. The summed E-state index contributed by atoms with van der Waals surface area (Å²) in [5.74, 6) is -5.17. The van der Waals surface area contributed by atoms with E-state index >= 15 is 0 Å². The molecule has 1 heterocycles. The minimum atomic E-state index is -1.12. The lowest BCUT2D eigenvalue weighted by Crippen LogP contribution is -2.36. The SMILES string of the molecule is Cc1ccc(N2CC(C(=O)OCC(=O)NCC(=O)Nc3ccc(F)c(F)c3)CC2=O)cc1. The lowest BCUT2D eigenvalue weighted by molar-refractivity contribution is -0.152. The van der Waals surface area contributed by atoms with Crippen LogP contribution in [0.4, 0.5) is 20.2 Å². The van der Waals surface area contributed by atoms with Crippen LogP contribution in [0.5, 0.6) is 0 Å². The highest BCUT2D eigenvalue weighted by molar-refractivity contribution is 6.00. The Balaban J connectivity index is 1.41. The van der Waals surface area contributed by atoms with Crippen LogP contribution in [0.2, 0.25) is 0 Å². The molecule has 8 nitrogen and oxygen atoms in total. The van der Waals surface area contributed by atoms with Gasteiger partial charge in [0.15, 0.2) is 18.2 Å². The Labute approximate surface area is 182 Å². The number of hydrogen-bond donors (Lipinski definition) is 2. The predicted molar refractivity (Wildman–Crippen MR) is 111 cm³/mol. The molecule has 1 aliphatic rings. The third-order valence-electron chi connectivity index (χ3n) is 4.80. The number of amides is 3. The van der Waals surface area contributed by atoms with E-state index in [9.17, 15) is 28.0 Å². The van der Waals surface area contributed by atoms with Crippen LogP contribution in [0.25, 0.3) is 0 Å². The molecule has 1 fully saturated rings. The molecule has 32 heavy (non-hydrogen) atoms. The zero-order chi connectivity index (χ0) is 23.3. The Kier molecular flexibility index (Phi) is 7.14. The third-order valence-corrected chi connectivity index (χ3v) is 4.80. The molecular weight excluding hydrogens is 424 g/mol. The first-order chi connectivity index (χ1) is 15.2. The number of carbonyl (C=O) groups excluding carboxylic acids is 4. The fourth-order valence-electron chi connectivity index (χ4n) is 3.10. The minimum Gasteiger partial charge on any atom is -0.455 e. The van der Waals surface area contributed by atoms with Crippen molar-refractivity contribution >= 4 is 35.1 Å². The van der Waals surface area contributed by atoms with Gasteiger partial charge in [-0.1, -0.05) is 17.7 Å². The van der Waals surface area contributed by atoms with Gasteiger partial charge >= 0.3 is 5.97 Å². The molecule has 1 unspecified atom stereocenters. The first-order valence-electron chi connectivity index (χ1n) is 9.78. The number of anilines is 2. The van der Waals surface area contributed by atoms with Crippen LogP contribution in [-0.4, -0.2) is 43.4 Å². The van der Waals surface area contributed by atoms with Gasteiger partial charge < -0.3 is 20.3 Å². The number of carbonyl (C=O) groups is 4. The van der Waals surface area contributed by atoms with Crippen molar-refractivity contribution in [1.29, 1.82) is 0 Å². The van der Waals surface area contributed by atoms with Gasteiger partial charge in [-0.15, -0.1) is 0 Å². The first kappa shape index (κ1) is 22.9. The van der Waals surface area contributed by atoms with Crippen molar-refractivity contribution in [3.05, 3.63) is 59.7 Å². The van der Waals surface area contributed by atoms with Crippen molar-refractivity contribution in [3.63, 3.8) is 0 Å². The molecule has 0 aliphatic carbocycles. The smallest absolute Gasteiger partial charge is 0.311 e. The molecule has 0 aromatic heterocycles. The summed E-state index contributed by atoms with van der Waals surface area (Å²) in [5, 5.41) is 4.54. The summed E-state index contributed by atoms with van der Waals surface area (Å²) < 4.78 is 31.0. The Morgan fingerprint density at radius 1 is 1.06 bits per heavy atom. The normalized spacial score (nSPS) is 15.4.